The summed E-state index contributed by atoms with van der Waals surface area (Å²) in [6, 6.07) is 26.7. The molecule has 3 aromatic carbocycles. The van der Waals surface area contributed by atoms with E-state index >= 15 is 0 Å². The molecule has 4 nitrogen and oxygen atoms in total. The Morgan fingerprint density at radius 2 is 1.59 bits per heavy atom. The van der Waals surface area contributed by atoms with Gasteiger partial charge in [0.15, 0.2) is 6.61 Å². The van der Waals surface area contributed by atoms with E-state index in [4.69, 9.17) is 9.15 Å². The fourth-order valence-electron chi connectivity index (χ4n) is 3.04. The van der Waals surface area contributed by atoms with Gasteiger partial charge in [-0.3, -0.25) is 0 Å². The molecule has 0 bridgehead atoms. The smallest absolute Gasteiger partial charge is 0.277 e. The fraction of sp³-hybridized carbons (Fsp3) is 0.167. The Bertz CT molecular complexity index is 1060. The summed E-state index contributed by atoms with van der Waals surface area (Å²) in [7, 11) is 0. The third-order valence-electron chi connectivity index (χ3n) is 4.62. The fourth-order valence-corrected chi connectivity index (χ4v) is 4.16. The van der Waals surface area contributed by atoms with Gasteiger partial charge in [-0.05, 0) is 42.7 Å². The van der Waals surface area contributed by atoms with Crippen LogP contribution in [0, 0.1) is 13.8 Å². The van der Waals surface area contributed by atoms with Crippen LogP contribution in [-0.2, 0) is 6.61 Å². The summed E-state index contributed by atoms with van der Waals surface area (Å²) in [5.74, 6) is 1.25. The van der Waals surface area contributed by atoms with E-state index in [0.29, 0.717) is 11.1 Å². The molecule has 0 saturated heterocycles. The van der Waals surface area contributed by atoms with Crippen LogP contribution in [0.5, 0.6) is 5.75 Å². The maximum Gasteiger partial charge on any atom is 0.277 e. The molecule has 1 heterocycles. The van der Waals surface area contributed by atoms with Gasteiger partial charge in [-0.25, -0.2) is 0 Å². The van der Waals surface area contributed by atoms with Gasteiger partial charge in [0.25, 0.3) is 11.1 Å². The van der Waals surface area contributed by atoms with E-state index in [-0.39, 0.29) is 11.9 Å². The third-order valence-corrected chi connectivity index (χ3v) is 5.75. The van der Waals surface area contributed by atoms with Crippen LogP contribution in [-0.4, -0.2) is 10.2 Å². The zero-order chi connectivity index (χ0) is 20.1. The third kappa shape index (κ3) is 4.87. The molecule has 0 N–H and O–H groups in total. The molecule has 146 valence electrons. The Labute approximate surface area is 175 Å². The van der Waals surface area contributed by atoms with E-state index < -0.39 is 0 Å². The summed E-state index contributed by atoms with van der Waals surface area (Å²) in [4.78, 5) is 0. The summed E-state index contributed by atoms with van der Waals surface area (Å²) >= 11 is 1.56. The number of aromatic nitrogens is 2. The second-order valence-corrected chi connectivity index (χ2v) is 7.88. The molecule has 0 spiro atoms. The standard InChI is InChI=1S/C24H22N2O2S/c1-17-12-14-20(15-13-17)27-16-22-25-26-24(28-22)29-23(19-9-4-3-5-10-19)21-11-7-6-8-18(21)2/h3-15,23H,16H2,1-2H3. The zero-order valence-corrected chi connectivity index (χ0v) is 17.2. The molecule has 0 aliphatic heterocycles. The van der Waals surface area contributed by atoms with Crippen LogP contribution in [0.15, 0.2) is 88.5 Å². The van der Waals surface area contributed by atoms with E-state index in [1.165, 1.54) is 22.3 Å². The van der Waals surface area contributed by atoms with Crippen molar-refractivity contribution < 1.29 is 9.15 Å². The molecule has 29 heavy (non-hydrogen) atoms. The van der Waals surface area contributed by atoms with Crippen molar-refractivity contribution in [3.8, 4) is 5.75 Å². The predicted molar refractivity (Wildman–Crippen MR) is 115 cm³/mol. The van der Waals surface area contributed by atoms with Gasteiger partial charge in [0, 0.05) is 0 Å². The maximum absolute atomic E-state index is 5.86. The topological polar surface area (TPSA) is 48.2 Å². The summed E-state index contributed by atoms with van der Waals surface area (Å²) in [6.07, 6.45) is 0. The second-order valence-electron chi connectivity index (χ2n) is 6.83. The van der Waals surface area contributed by atoms with Crippen molar-refractivity contribution in [1.82, 2.24) is 10.2 Å². The quantitative estimate of drug-likeness (QED) is 0.347. The molecule has 1 atom stereocenters. The van der Waals surface area contributed by atoms with Gasteiger partial charge in [0.1, 0.15) is 5.75 Å². The molecule has 0 fully saturated rings. The zero-order valence-electron chi connectivity index (χ0n) is 16.4. The largest absolute Gasteiger partial charge is 0.484 e. The highest BCUT2D eigenvalue weighted by Gasteiger charge is 2.21. The van der Waals surface area contributed by atoms with Crippen LogP contribution in [0.25, 0.3) is 0 Å². The lowest BCUT2D eigenvalue weighted by Gasteiger charge is -2.17. The Morgan fingerprint density at radius 1 is 0.862 bits per heavy atom. The van der Waals surface area contributed by atoms with Gasteiger partial charge in [-0.1, -0.05) is 84.1 Å². The van der Waals surface area contributed by atoms with Gasteiger partial charge in [0.2, 0.25) is 0 Å². The summed E-state index contributed by atoms with van der Waals surface area (Å²) in [5.41, 5.74) is 4.86. The number of hydrogen-bond acceptors (Lipinski definition) is 5. The molecule has 5 heteroatoms. The molecular weight excluding hydrogens is 380 g/mol. The molecule has 1 unspecified atom stereocenters. The number of aryl methyl sites for hydroxylation is 2. The minimum Gasteiger partial charge on any atom is -0.484 e. The van der Waals surface area contributed by atoms with E-state index in [1.807, 2.05) is 37.3 Å². The summed E-state index contributed by atoms with van der Waals surface area (Å²) in [6.45, 7) is 4.42. The average Bonchev–Trinajstić information content (AvgIpc) is 3.20. The number of hydrogen-bond donors (Lipinski definition) is 0. The van der Waals surface area contributed by atoms with Crippen molar-refractivity contribution in [1.29, 1.82) is 0 Å². The molecule has 4 rings (SSSR count). The lowest BCUT2D eigenvalue weighted by atomic mass is 10.0. The van der Waals surface area contributed by atoms with E-state index in [2.05, 4.69) is 65.7 Å². The normalized spacial score (nSPS) is 11.9. The summed E-state index contributed by atoms with van der Waals surface area (Å²) in [5, 5.41) is 8.98. The average molecular weight is 403 g/mol. The number of benzene rings is 3. The first-order valence-electron chi connectivity index (χ1n) is 9.48. The molecular formula is C24H22N2O2S. The molecule has 0 radical (unpaired) electrons. The monoisotopic (exact) mass is 402 g/mol. The van der Waals surface area contributed by atoms with E-state index in [0.717, 1.165) is 5.75 Å². The van der Waals surface area contributed by atoms with E-state index in [9.17, 15) is 0 Å². The first kappa shape index (κ1) is 19.3. The Hall–Kier alpha value is -3.05. The second kappa shape index (κ2) is 8.97. The number of thioether (sulfide) groups is 1. The highest BCUT2D eigenvalue weighted by atomic mass is 32.2. The van der Waals surface area contributed by atoms with Crippen molar-refractivity contribution >= 4 is 11.8 Å². The van der Waals surface area contributed by atoms with E-state index in [1.54, 1.807) is 11.8 Å². The number of ether oxygens (including phenoxy) is 1. The van der Waals surface area contributed by atoms with Crippen LogP contribution < -0.4 is 4.74 Å². The Kier molecular flexibility index (Phi) is 5.96. The first-order valence-corrected chi connectivity index (χ1v) is 10.4. The Balaban J connectivity index is 1.51. The van der Waals surface area contributed by atoms with Gasteiger partial charge < -0.3 is 9.15 Å². The van der Waals surface area contributed by atoms with Crippen molar-refractivity contribution in [2.75, 3.05) is 0 Å². The summed E-state index contributed by atoms with van der Waals surface area (Å²) < 4.78 is 11.6. The van der Waals surface area contributed by atoms with Gasteiger partial charge in [-0.2, -0.15) is 0 Å². The van der Waals surface area contributed by atoms with Crippen molar-refractivity contribution in [3.05, 3.63) is 107 Å². The van der Waals surface area contributed by atoms with Crippen LogP contribution >= 0.6 is 11.8 Å². The molecule has 0 saturated carbocycles. The van der Waals surface area contributed by atoms with Crippen LogP contribution in [0.1, 0.15) is 33.4 Å². The highest BCUT2D eigenvalue weighted by Crippen LogP contribution is 2.41. The lowest BCUT2D eigenvalue weighted by molar-refractivity contribution is 0.252. The molecule has 4 aromatic rings. The van der Waals surface area contributed by atoms with Crippen molar-refractivity contribution in [2.45, 2.75) is 30.9 Å². The van der Waals surface area contributed by atoms with Gasteiger partial charge in [0.05, 0.1) is 5.25 Å². The lowest BCUT2D eigenvalue weighted by Crippen LogP contribution is -1.99. The number of rotatable bonds is 7. The van der Waals surface area contributed by atoms with Crippen LogP contribution in [0.4, 0.5) is 0 Å². The van der Waals surface area contributed by atoms with Gasteiger partial charge >= 0.3 is 0 Å². The minimum atomic E-state index is 0.0729. The van der Waals surface area contributed by atoms with Crippen molar-refractivity contribution in [2.24, 2.45) is 0 Å². The minimum absolute atomic E-state index is 0.0729. The van der Waals surface area contributed by atoms with Crippen molar-refractivity contribution in [3.63, 3.8) is 0 Å². The molecule has 0 aliphatic carbocycles. The molecule has 0 amide bonds. The SMILES string of the molecule is Cc1ccc(OCc2nnc(SC(c3ccccc3)c3ccccc3C)o2)cc1. The molecule has 0 aliphatic rings. The first-order chi connectivity index (χ1) is 14.2. The Morgan fingerprint density at radius 3 is 2.34 bits per heavy atom. The molecule has 1 aromatic heterocycles. The van der Waals surface area contributed by atoms with Gasteiger partial charge in [-0.15, -0.1) is 10.2 Å². The highest BCUT2D eigenvalue weighted by molar-refractivity contribution is 7.99. The van der Waals surface area contributed by atoms with Crippen LogP contribution in [0.2, 0.25) is 0 Å². The maximum atomic E-state index is 5.86. The van der Waals surface area contributed by atoms with Crippen LogP contribution in [0.3, 0.4) is 0 Å². The predicted octanol–water partition coefficient (Wildman–Crippen LogP) is 6.15. The number of nitrogens with zero attached hydrogens (tertiary/aromatic N) is 2.